The molecule has 1 fully saturated rings. The number of benzene rings is 2. The molecule has 0 radical (unpaired) electrons. The third kappa shape index (κ3) is 5.21. The van der Waals surface area contributed by atoms with Gasteiger partial charge in [-0.2, -0.15) is 17.5 Å². The van der Waals surface area contributed by atoms with Crippen molar-refractivity contribution >= 4 is 15.9 Å². The summed E-state index contributed by atoms with van der Waals surface area (Å²) in [6.45, 7) is -0.0786. The van der Waals surface area contributed by atoms with E-state index in [1.807, 2.05) is 0 Å². The molecule has 0 aliphatic carbocycles. The Hall–Kier alpha value is -2.66. The molecule has 6 nitrogen and oxygen atoms in total. The highest BCUT2D eigenvalue weighted by atomic mass is 32.2. The fourth-order valence-electron chi connectivity index (χ4n) is 3.58. The number of sulfonamides is 1. The van der Waals surface area contributed by atoms with Crippen LogP contribution in [-0.4, -0.2) is 38.8 Å². The molecule has 2 aromatic carbocycles. The van der Waals surface area contributed by atoms with Crippen LogP contribution in [-0.2, 0) is 27.5 Å². The maximum Gasteiger partial charge on any atom is 0.417 e. The number of carbonyl (C=O) groups excluding carboxylic acids is 1. The van der Waals surface area contributed by atoms with E-state index in [-0.39, 0.29) is 44.1 Å². The van der Waals surface area contributed by atoms with Crippen LogP contribution < -0.4 is 10.1 Å². The summed E-state index contributed by atoms with van der Waals surface area (Å²) in [7, 11) is -3.02. The van der Waals surface area contributed by atoms with Gasteiger partial charge in [0.2, 0.25) is 15.9 Å². The Labute approximate surface area is 183 Å². The molecule has 174 valence electrons. The van der Waals surface area contributed by atoms with E-state index in [9.17, 15) is 30.8 Å². The smallest absolute Gasteiger partial charge is 0.417 e. The highest BCUT2D eigenvalue weighted by molar-refractivity contribution is 7.89. The Morgan fingerprint density at radius 2 is 1.81 bits per heavy atom. The number of nitrogens with one attached hydrogen (secondary N) is 1. The number of amides is 1. The summed E-state index contributed by atoms with van der Waals surface area (Å²) in [4.78, 5) is 11.7. The van der Waals surface area contributed by atoms with Crippen LogP contribution in [0.4, 0.5) is 17.6 Å². The van der Waals surface area contributed by atoms with Crippen LogP contribution >= 0.6 is 0 Å². The number of hydrogen-bond acceptors (Lipinski definition) is 4. The van der Waals surface area contributed by atoms with Crippen LogP contribution in [0.5, 0.6) is 5.75 Å². The van der Waals surface area contributed by atoms with E-state index >= 15 is 0 Å². The Kier molecular flexibility index (Phi) is 7.09. The van der Waals surface area contributed by atoms with Crippen LogP contribution in [0.3, 0.4) is 0 Å². The molecule has 1 aliphatic heterocycles. The summed E-state index contributed by atoms with van der Waals surface area (Å²) in [6.07, 6.45) is -4.48. The number of piperidine rings is 1. The van der Waals surface area contributed by atoms with E-state index in [2.05, 4.69) is 5.32 Å². The van der Waals surface area contributed by atoms with E-state index in [0.717, 1.165) is 22.5 Å². The molecular weight excluding hydrogens is 452 g/mol. The van der Waals surface area contributed by atoms with Crippen molar-refractivity contribution in [3.05, 3.63) is 59.4 Å². The Balaban J connectivity index is 1.61. The lowest BCUT2D eigenvalue weighted by Crippen LogP contribution is -2.43. The van der Waals surface area contributed by atoms with E-state index in [1.54, 1.807) is 6.07 Å². The van der Waals surface area contributed by atoms with Gasteiger partial charge < -0.3 is 10.1 Å². The standard InChI is InChI=1S/C21H22F4N2O4S/c1-31-18-7-6-14(12-17(18)22)13-26-20(28)15-8-10-27(11-9-15)32(29,30)19-5-3-2-4-16(19)21(23,24)25/h2-7,12,15H,8-11,13H2,1H3,(H,26,28). The fraction of sp³-hybridized carbons (Fsp3) is 0.381. The van der Waals surface area contributed by atoms with Gasteiger partial charge in [0.05, 0.1) is 17.6 Å². The van der Waals surface area contributed by atoms with E-state index in [4.69, 9.17) is 4.74 Å². The minimum atomic E-state index is -4.80. The number of hydrogen-bond donors (Lipinski definition) is 1. The number of nitrogens with zero attached hydrogens (tertiary/aromatic N) is 1. The van der Waals surface area contributed by atoms with Gasteiger partial charge >= 0.3 is 6.18 Å². The maximum absolute atomic E-state index is 13.8. The molecule has 0 saturated carbocycles. The SMILES string of the molecule is COc1ccc(CNC(=O)C2CCN(S(=O)(=O)c3ccccc3C(F)(F)F)CC2)cc1F. The van der Waals surface area contributed by atoms with Gasteiger partial charge in [0.15, 0.2) is 11.6 Å². The second kappa shape index (κ2) is 9.45. The molecule has 32 heavy (non-hydrogen) atoms. The molecule has 1 saturated heterocycles. The summed E-state index contributed by atoms with van der Waals surface area (Å²) >= 11 is 0. The third-order valence-electron chi connectivity index (χ3n) is 5.32. The molecule has 1 aliphatic rings. The summed E-state index contributed by atoms with van der Waals surface area (Å²) in [5.41, 5.74) is -0.688. The third-order valence-corrected chi connectivity index (χ3v) is 7.27. The fourth-order valence-corrected chi connectivity index (χ4v) is 5.26. The molecule has 11 heteroatoms. The van der Waals surface area contributed by atoms with E-state index in [0.29, 0.717) is 5.56 Å². The summed E-state index contributed by atoms with van der Waals surface area (Å²) < 4.78 is 84.9. The number of carbonyl (C=O) groups is 1. The molecule has 1 amide bonds. The lowest BCUT2D eigenvalue weighted by atomic mass is 9.97. The number of halogens is 4. The van der Waals surface area contributed by atoms with E-state index < -0.39 is 38.4 Å². The van der Waals surface area contributed by atoms with Gasteiger partial charge in [0, 0.05) is 25.6 Å². The number of ether oxygens (including phenoxy) is 1. The van der Waals surface area contributed by atoms with Gasteiger partial charge in [-0.05, 0) is 42.7 Å². The molecule has 3 rings (SSSR count). The van der Waals surface area contributed by atoms with Crippen molar-refractivity contribution in [3.63, 3.8) is 0 Å². The quantitative estimate of drug-likeness (QED) is 0.650. The molecular formula is C21H22F4N2O4S. The predicted octanol–water partition coefficient (Wildman–Crippen LogP) is 3.57. The first-order valence-corrected chi connectivity index (χ1v) is 11.2. The van der Waals surface area contributed by atoms with Crippen LogP contribution in [0.1, 0.15) is 24.0 Å². The van der Waals surface area contributed by atoms with Crippen LogP contribution in [0.15, 0.2) is 47.4 Å². The van der Waals surface area contributed by atoms with Crippen LogP contribution in [0.2, 0.25) is 0 Å². The Morgan fingerprint density at radius 1 is 1.16 bits per heavy atom. The first-order chi connectivity index (χ1) is 15.0. The van der Waals surface area contributed by atoms with Crippen molar-refractivity contribution < 1.29 is 35.5 Å². The van der Waals surface area contributed by atoms with Crippen molar-refractivity contribution in [2.24, 2.45) is 5.92 Å². The van der Waals surface area contributed by atoms with Crippen molar-refractivity contribution in [1.29, 1.82) is 0 Å². The van der Waals surface area contributed by atoms with Crippen molar-refractivity contribution in [1.82, 2.24) is 9.62 Å². The highest BCUT2D eigenvalue weighted by Gasteiger charge is 2.40. The van der Waals surface area contributed by atoms with Crippen LogP contribution in [0.25, 0.3) is 0 Å². The number of alkyl halides is 3. The molecule has 0 bridgehead atoms. The zero-order valence-corrected chi connectivity index (χ0v) is 18.0. The molecule has 0 spiro atoms. The molecule has 0 atom stereocenters. The molecule has 1 N–H and O–H groups in total. The first-order valence-electron chi connectivity index (χ1n) is 9.80. The lowest BCUT2D eigenvalue weighted by Gasteiger charge is -2.31. The monoisotopic (exact) mass is 474 g/mol. The minimum Gasteiger partial charge on any atom is -0.494 e. The van der Waals surface area contributed by atoms with Crippen molar-refractivity contribution in [2.45, 2.75) is 30.5 Å². The van der Waals surface area contributed by atoms with E-state index in [1.165, 1.54) is 25.3 Å². The number of rotatable bonds is 6. The summed E-state index contributed by atoms with van der Waals surface area (Å²) in [5, 5.41) is 2.68. The maximum atomic E-state index is 13.8. The molecule has 0 aromatic heterocycles. The van der Waals surface area contributed by atoms with Gasteiger partial charge in [0.25, 0.3) is 0 Å². The van der Waals surface area contributed by atoms with Crippen LogP contribution in [0, 0.1) is 11.7 Å². The van der Waals surface area contributed by atoms with Gasteiger partial charge in [-0.3, -0.25) is 4.79 Å². The van der Waals surface area contributed by atoms with Gasteiger partial charge in [-0.25, -0.2) is 12.8 Å². The first kappa shape index (κ1) is 24.0. The molecule has 0 unspecified atom stereocenters. The number of methoxy groups -OCH3 is 1. The van der Waals surface area contributed by atoms with Crippen molar-refractivity contribution in [3.8, 4) is 5.75 Å². The topological polar surface area (TPSA) is 75.7 Å². The predicted molar refractivity (Wildman–Crippen MR) is 108 cm³/mol. The lowest BCUT2D eigenvalue weighted by molar-refractivity contribution is -0.139. The van der Waals surface area contributed by atoms with Gasteiger partial charge in [-0.15, -0.1) is 0 Å². The zero-order chi connectivity index (χ0) is 23.5. The minimum absolute atomic E-state index is 0.0796. The second-order valence-electron chi connectivity index (χ2n) is 7.36. The highest BCUT2D eigenvalue weighted by Crippen LogP contribution is 2.36. The average molecular weight is 474 g/mol. The van der Waals surface area contributed by atoms with Gasteiger partial charge in [0.1, 0.15) is 0 Å². The largest absolute Gasteiger partial charge is 0.494 e. The zero-order valence-electron chi connectivity index (χ0n) is 17.2. The summed E-state index contributed by atoms with van der Waals surface area (Å²) in [6, 6.07) is 8.33. The van der Waals surface area contributed by atoms with Gasteiger partial charge in [-0.1, -0.05) is 18.2 Å². The Morgan fingerprint density at radius 3 is 2.41 bits per heavy atom. The molecule has 2 aromatic rings. The Bertz CT molecular complexity index is 1080. The summed E-state index contributed by atoms with van der Waals surface area (Å²) in [5.74, 6) is -1.30. The molecule has 1 heterocycles. The second-order valence-corrected chi connectivity index (χ2v) is 9.27. The average Bonchev–Trinajstić information content (AvgIpc) is 2.77. The normalized spacial score (nSPS) is 16.0. The van der Waals surface area contributed by atoms with Crippen molar-refractivity contribution in [2.75, 3.05) is 20.2 Å².